The SMILES string of the molecule is CC(NCC1CSCCS1)C(F)F. The molecule has 0 aromatic rings. The number of rotatable bonds is 4. The van der Waals surface area contributed by atoms with Crippen molar-refractivity contribution in [2.75, 3.05) is 23.8 Å². The first-order valence-electron chi connectivity index (χ1n) is 4.41. The highest BCUT2D eigenvalue weighted by molar-refractivity contribution is 8.06. The third-order valence-corrected chi connectivity index (χ3v) is 4.78. The van der Waals surface area contributed by atoms with Gasteiger partial charge in [0, 0.05) is 29.1 Å². The van der Waals surface area contributed by atoms with Crippen LogP contribution in [-0.2, 0) is 0 Å². The zero-order chi connectivity index (χ0) is 9.68. The Morgan fingerprint density at radius 3 is 2.77 bits per heavy atom. The van der Waals surface area contributed by atoms with Crippen LogP contribution in [0.3, 0.4) is 0 Å². The van der Waals surface area contributed by atoms with Crippen LogP contribution in [-0.4, -0.2) is 41.5 Å². The average Bonchev–Trinajstić information content (AvgIpc) is 2.15. The van der Waals surface area contributed by atoms with E-state index in [9.17, 15) is 8.78 Å². The van der Waals surface area contributed by atoms with Crippen LogP contribution in [0.25, 0.3) is 0 Å². The largest absolute Gasteiger partial charge is 0.308 e. The Bertz CT molecular complexity index is 140. The zero-order valence-corrected chi connectivity index (χ0v) is 9.27. The molecule has 1 nitrogen and oxygen atoms in total. The highest BCUT2D eigenvalue weighted by Crippen LogP contribution is 2.23. The lowest BCUT2D eigenvalue weighted by atomic mass is 10.3. The summed E-state index contributed by atoms with van der Waals surface area (Å²) < 4.78 is 24.2. The van der Waals surface area contributed by atoms with Crippen LogP contribution < -0.4 is 5.32 Å². The summed E-state index contributed by atoms with van der Waals surface area (Å²) in [5.41, 5.74) is 0. The quantitative estimate of drug-likeness (QED) is 0.790. The van der Waals surface area contributed by atoms with Crippen molar-refractivity contribution >= 4 is 23.5 Å². The van der Waals surface area contributed by atoms with Crippen LogP contribution >= 0.6 is 23.5 Å². The number of nitrogens with one attached hydrogen (secondary N) is 1. The molecule has 1 rings (SSSR count). The second-order valence-corrected chi connectivity index (χ2v) is 5.66. The predicted molar refractivity (Wildman–Crippen MR) is 57.0 cm³/mol. The van der Waals surface area contributed by atoms with Gasteiger partial charge in [-0.3, -0.25) is 0 Å². The molecule has 1 aliphatic rings. The summed E-state index contributed by atoms with van der Waals surface area (Å²) in [5.74, 6) is 3.44. The minimum atomic E-state index is -2.25. The zero-order valence-electron chi connectivity index (χ0n) is 7.63. The molecular formula is C8H15F2NS2. The number of halogens is 2. The highest BCUT2D eigenvalue weighted by atomic mass is 32.2. The Balaban J connectivity index is 2.10. The molecule has 1 N–H and O–H groups in total. The number of hydrogen-bond donors (Lipinski definition) is 1. The van der Waals surface area contributed by atoms with Crippen molar-refractivity contribution in [1.82, 2.24) is 5.32 Å². The molecule has 1 saturated heterocycles. The summed E-state index contributed by atoms with van der Waals surface area (Å²) in [5, 5.41) is 3.38. The Morgan fingerprint density at radius 1 is 1.46 bits per heavy atom. The van der Waals surface area contributed by atoms with E-state index in [0.29, 0.717) is 11.8 Å². The smallest absolute Gasteiger partial charge is 0.253 e. The summed E-state index contributed by atoms with van der Waals surface area (Å²) >= 11 is 3.80. The number of alkyl halides is 2. The molecule has 78 valence electrons. The van der Waals surface area contributed by atoms with Crippen molar-refractivity contribution < 1.29 is 8.78 Å². The fourth-order valence-electron chi connectivity index (χ4n) is 1.06. The third-order valence-electron chi connectivity index (χ3n) is 1.93. The fourth-order valence-corrected chi connectivity index (χ4v) is 3.69. The molecule has 0 amide bonds. The molecule has 0 saturated carbocycles. The van der Waals surface area contributed by atoms with E-state index in [1.807, 2.05) is 23.5 Å². The Labute approximate surface area is 86.4 Å². The van der Waals surface area contributed by atoms with Gasteiger partial charge in [0.25, 0.3) is 6.43 Å². The second-order valence-electron chi connectivity index (χ2n) is 3.10. The van der Waals surface area contributed by atoms with Gasteiger partial charge in [-0.1, -0.05) is 0 Å². The molecule has 1 heterocycles. The molecule has 13 heavy (non-hydrogen) atoms. The van der Waals surface area contributed by atoms with Crippen molar-refractivity contribution in [2.24, 2.45) is 0 Å². The van der Waals surface area contributed by atoms with Crippen molar-refractivity contribution in [3.63, 3.8) is 0 Å². The molecule has 0 aromatic carbocycles. The van der Waals surface area contributed by atoms with Gasteiger partial charge < -0.3 is 5.32 Å². The van der Waals surface area contributed by atoms with Crippen LogP contribution in [0.5, 0.6) is 0 Å². The maximum absolute atomic E-state index is 12.1. The summed E-state index contributed by atoms with van der Waals surface area (Å²) in [6.07, 6.45) is -2.25. The van der Waals surface area contributed by atoms with E-state index in [0.717, 1.165) is 11.5 Å². The molecule has 0 spiro atoms. The molecule has 1 aliphatic heterocycles. The van der Waals surface area contributed by atoms with Crippen molar-refractivity contribution in [3.05, 3.63) is 0 Å². The average molecular weight is 227 g/mol. The maximum Gasteiger partial charge on any atom is 0.253 e. The van der Waals surface area contributed by atoms with Gasteiger partial charge in [-0.15, -0.1) is 0 Å². The summed E-state index contributed by atoms with van der Waals surface area (Å²) in [7, 11) is 0. The van der Waals surface area contributed by atoms with E-state index in [1.54, 1.807) is 0 Å². The van der Waals surface area contributed by atoms with Crippen LogP contribution in [0, 0.1) is 0 Å². The summed E-state index contributed by atoms with van der Waals surface area (Å²) in [6, 6.07) is -0.674. The van der Waals surface area contributed by atoms with E-state index < -0.39 is 12.5 Å². The van der Waals surface area contributed by atoms with Crippen LogP contribution in [0.4, 0.5) is 8.78 Å². The lowest BCUT2D eigenvalue weighted by Gasteiger charge is -2.23. The predicted octanol–water partition coefficient (Wildman–Crippen LogP) is 2.08. The number of thioether (sulfide) groups is 2. The minimum absolute atomic E-state index is 0.514. The summed E-state index contributed by atoms with van der Waals surface area (Å²) in [4.78, 5) is 0. The lowest BCUT2D eigenvalue weighted by molar-refractivity contribution is 0.107. The monoisotopic (exact) mass is 227 g/mol. The molecule has 0 aliphatic carbocycles. The van der Waals surface area contributed by atoms with Gasteiger partial charge in [0.05, 0.1) is 6.04 Å². The third kappa shape index (κ3) is 4.51. The van der Waals surface area contributed by atoms with Gasteiger partial charge in [-0.25, -0.2) is 8.78 Å². The van der Waals surface area contributed by atoms with Gasteiger partial charge >= 0.3 is 0 Å². The Morgan fingerprint density at radius 2 is 2.23 bits per heavy atom. The normalized spacial score (nSPS) is 26.3. The minimum Gasteiger partial charge on any atom is -0.308 e. The van der Waals surface area contributed by atoms with Crippen molar-refractivity contribution in [3.8, 4) is 0 Å². The van der Waals surface area contributed by atoms with Gasteiger partial charge in [-0.05, 0) is 6.92 Å². The lowest BCUT2D eigenvalue weighted by Crippen LogP contribution is -2.38. The maximum atomic E-state index is 12.1. The molecule has 5 heteroatoms. The van der Waals surface area contributed by atoms with Crippen LogP contribution in [0.1, 0.15) is 6.92 Å². The van der Waals surface area contributed by atoms with Gasteiger partial charge in [0.1, 0.15) is 0 Å². The number of hydrogen-bond acceptors (Lipinski definition) is 3. The first kappa shape index (κ1) is 11.6. The first-order valence-corrected chi connectivity index (χ1v) is 6.61. The van der Waals surface area contributed by atoms with Crippen LogP contribution in [0.2, 0.25) is 0 Å². The molecule has 0 radical (unpaired) electrons. The van der Waals surface area contributed by atoms with Crippen molar-refractivity contribution in [1.29, 1.82) is 0 Å². The van der Waals surface area contributed by atoms with E-state index in [4.69, 9.17) is 0 Å². The highest BCUT2D eigenvalue weighted by Gasteiger charge is 2.18. The van der Waals surface area contributed by atoms with E-state index >= 15 is 0 Å². The van der Waals surface area contributed by atoms with Gasteiger partial charge in [0.2, 0.25) is 0 Å². The van der Waals surface area contributed by atoms with E-state index in [2.05, 4.69) is 5.32 Å². The Hall–Kier alpha value is 0.520. The summed E-state index contributed by atoms with van der Waals surface area (Å²) in [6.45, 7) is 2.24. The molecule has 2 atom stereocenters. The molecule has 0 aromatic heterocycles. The van der Waals surface area contributed by atoms with Gasteiger partial charge in [-0.2, -0.15) is 23.5 Å². The Kier molecular flexibility index (Phi) is 5.43. The molecule has 2 unspecified atom stereocenters. The van der Waals surface area contributed by atoms with Crippen molar-refractivity contribution in [2.45, 2.75) is 24.6 Å². The van der Waals surface area contributed by atoms with Gasteiger partial charge in [0.15, 0.2) is 0 Å². The molecule has 1 fully saturated rings. The topological polar surface area (TPSA) is 12.0 Å². The second kappa shape index (κ2) is 6.09. The molecule has 0 bridgehead atoms. The van der Waals surface area contributed by atoms with E-state index in [-0.39, 0.29) is 0 Å². The van der Waals surface area contributed by atoms with Crippen LogP contribution in [0.15, 0.2) is 0 Å². The first-order chi connectivity index (χ1) is 6.20. The fraction of sp³-hybridized carbons (Fsp3) is 1.00. The molecular weight excluding hydrogens is 212 g/mol. The van der Waals surface area contributed by atoms with E-state index in [1.165, 1.54) is 12.7 Å². The standard InChI is InChI=1S/C8H15F2NS2/c1-6(8(9)10)11-4-7-5-12-2-3-13-7/h6-8,11H,2-5H2,1H3.